The third-order valence-electron chi connectivity index (χ3n) is 3.59. The number of aryl methyl sites for hydroxylation is 1. The van der Waals surface area contributed by atoms with Crippen molar-refractivity contribution in [2.45, 2.75) is 26.7 Å². The number of rotatable bonds is 1. The fraction of sp³-hybridized carbons (Fsp3) is 0.500. The topological polar surface area (TPSA) is 40.5 Å². The Bertz CT molecular complexity index is 465. The van der Waals surface area contributed by atoms with Crippen molar-refractivity contribution in [1.82, 2.24) is 4.90 Å². The average molecular weight is 251 g/mol. The normalized spacial score (nSPS) is 16.9. The van der Waals surface area contributed by atoms with Gasteiger partial charge in [0.1, 0.15) is 11.6 Å². The molecule has 0 bridgehead atoms. The zero-order chi connectivity index (χ0) is 13.3. The second kappa shape index (κ2) is 4.96. The Morgan fingerprint density at radius 3 is 2.61 bits per heavy atom. The quantitative estimate of drug-likeness (QED) is 0.833. The van der Waals surface area contributed by atoms with Gasteiger partial charge in [-0.2, -0.15) is 0 Å². The van der Waals surface area contributed by atoms with Crippen LogP contribution in [-0.2, 0) is 0 Å². The summed E-state index contributed by atoms with van der Waals surface area (Å²) in [5.41, 5.74) is 0.574. The Morgan fingerprint density at radius 1 is 1.39 bits per heavy atom. The molecule has 1 aliphatic heterocycles. The number of phenolic OH excluding ortho intramolecular Hbond substituents is 1. The molecule has 3 nitrogen and oxygen atoms in total. The van der Waals surface area contributed by atoms with E-state index in [1.165, 1.54) is 6.07 Å². The van der Waals surface area contributed by atoms with E-state index < -0.39 is 5.82 Å². The first-order valence-corrected chi connectivity index (χ1v) is 6.27. The van der Waals surface area contributed by atoms with E-state index >= 15 is 0 Å². The summed E-state index contributed by atoms with van der Waals surface area (Å²) < 4.78 is 13.7. The van der Waals surface area contributed by atoms with Crippen LogP contribution in [-0.4, -0.2) is 29.0 Å². The van der Waals surface area contributed by atoms with Gasteiger partial charge in [-0.3, -0.25) is 4.79 Å². The van der Waals surface area contributed by atoms with Gasteiger partial charge in [-0.05, 0) is 37.3 Å². The number of piperidine rings is 1. The Hall–Kier alpha value is -1.58. The smallest absolute Gasteiger partial charge is 0.256 e. The predicted molar refractivity (Wildman–Crippen MR) is 67.1 cm³/mol. The molecule has 1 heterocycles. The largest absolute Gasteiger partial charge is 0.508 e. The number of carbonyl (C=O) groups excluding carboxylic acids is 1. The van der Waals surface area contributed by atoms with Gasteiger partial charge < -0.3 is 10.0 Å². The molecule has 98 valence electrons. The summed E-state index contributed by atoms with van der Waals surface area (Å²) in [6.07, 6.45) is 1.93. The van der Waals surface area contributed by atoms with Crippen LogP contribution in [0.4, 0.5) is 4.39 Å². The van der Waals surface area contributed by atoms with Crippen LogP contribution in [0.15, 0.2) is 12.1 Å². The summed E-state index contributed by atoms with van der Waals surface area (Å²) in [5.74, 6) is -0.416. The highest BCUT2D eigenvalue weighted by atomic mass is 19.1. The second-order valence-electron chi connectivity index (χ2n) is 5.09. The highest BCUT2D eigenvalue weighted by Crippen LogP contribution is 2.24. The van der Waals surface area contributed by atoms with Crippen molar-refractivity contribution in [3.05, 3.63) is 29.1 Å². The SMILES string of the molecule is Cc1cc(C(=O)N2CCC(C)CC2)c(F)cc1O. The van der Waals surface area contributed by atoms with Crippen LogP contribution in [0.5, 0.6) is 5.75 Å². The fourth-order valence-electron chi connectivity index (χ4n) is 2.22. The van der Waals surface area contributed by atoms with Crippen molar-refractivity contribution in [2.24, 2.45) is 5.92 Å². The second-order valence-corrected chi connectivity index (χ2v) is 5.09. The van der Waals surface area contributed by atoms with E-state index in [4.69, 9.17) is 0 Å². The van der Waals surface area contributed by atoms with Crippen LogP contribution in [0.3, 0.4) is 0 Å². The zero-order valence-electron chi connectivity index (χ0n) is 10.7. The molecule has 0 radical (unpaired) electrons. The molecule has 0 unspecified atom stereocenters. The van der Waals surface area contributed by atoms with E-state index in [1.54, 1.807) is 11.8 Å². The summed E-state index contributed by atoms with van der Waals surface area (Å²) in [4.78, 5) is 13.9. The monoisotopic (exact) mass is 251 g/mol. The van der Waals surface area contributed by atoms with Crippen molar-refractivity contribution >= 4 is 5.91 Å². The van der Waals surface area contributed by atoms with Crippen LogP contribution >= 0.6 is 0 Å². The van der Waals surface area contributed by atoms with Crippen LogP contribution in [0, 0.1) is 18.7 Å². The molecule has 18 heavy (non-hydrogen) atoms. The molecule has 1 saturated heterocycles. The molecule has 4 heteroatoms. The van der Waals surface area contributed by atoms with Crippen LogP contribution in [0.25, 0.3) is 0 Å². The van der Waals surface area contributed by atoms with E-state index in [-0.39, 0.29) is 17.2 Å². The van der Waals surface area contributed by atoms with Gasteiger partial charge in [0.05, 0.1) is 5.56 Å². The molecule has 0 aromatic heterocycles. The number of amides is 1. The van der Waals surface area contributed by atoms with E-state index in [9.17, 15) is 14.3 Å². The maximum absolute atomic E-state index is 13.7. The number of benzene rings is 1. The summed E-state index contributed by atoms with van der Waals surface area (Å²) in [6.45, 7) is 5.18. The number of carbonyl (C=O) groups is 1. The van der Waals surface area contributed by atoms with Gasteiger partial charge in [0, 0.05) is 19.2 Å². The highest BCUT2D eigenvalue weighted by Gasteiger charge is 2.24. The average Bonchev–Trinajstić information content (AvgIpc) is 2.34. The number of aromatic hydroxyl groups is 1. The van der Waals surface area contributed by atoms with Gasteiger partial charge in [0.15, 0.2) is 0 Å². The molecule has 1 aromatic rings. The van der Waals surface area contributed by atoms with E-state index in [2.05, 4.69) is 6.92 Å². The first kappa shape index (κ1) is 12.9. The molecule has 1 N–H and O–H groups in total. The lowest BCUT2D eigenvalue weighted by molar-refractivity contribution is 0.0692. The fourth-order valence-corrected chi connectivity index (χ4v) is 2.22. The molecule has 1 fully saturated rings. The first-order valence-electron chi connectivity index (χ1n) is 6.27. The third kappa shape index (κ3) is 2.47. The first-order chi connectivity index (χ1) is 8.49. The lowest BCUT2D eigenvalue weighted by Gasteiger charge is -2.30. The molecule has 2 rings (SSSR count). The van der Waals surface area contributed by atoms with E-state index in [0.29, 0.717) is 24.6 Å². The van der Waals surface area contributed by atoms with Crippen molar-refractivity contribution in [3.63, 3.8) is 0 Å². The lowest BCUT2D eigenvalue weighted by atomic mass is 9.98. The molecule has 0 saturated carbocycles. The summed E-state index contributed by atoms with van der Waals surface area (Å²) in [5, 5.41) is 9.39. The molecule has 0 spiro atoms. The summed E-state index contributed by atoms with van der Waals surface area (Å²) in [7, 11) is 0. The van der Waals surface area contributed by atoms with E-state index in [0.717, 1.165) is 18.9 Å². The van der Waals surface area contributed by atoms with Gasteiger partial charge in [0.2, 0.25) is 0 Å². The molecular formula is C14H18FNO2. The van der Waals surface area contributed by atoms with Gasteiger partial charge >= 0.3 is 0 Å². The maximum atomic E-state index is 13.7. The minimum Gasteiger partial charge on any atom is -0.508 e. The molecule has 1 amide bonds. The van der Waals surface area contributed by atoms with Crippen LogP contribution < -0.4 is 0 Å². The van der Waals surface area contributed by atoms with Gasteiger partial charge in [-0.1, -0.05) is 6.92 Å². The van der Waals surface area contributed by atoms with Crippen LogP contribution in [0.2, 0.25) is 0 Å². The van der Waals surface area contributed by atoms with Gasteiger partial charge in [-0.15, -0.1) is 0 Å². The Morgan fingerprint density at radius 2 is 2.00 bits per heavy atom. The zero-order valence-corrected chi connectivity index (χ0v) is 10.7. The van der Waals surface area contributed by atoms with Gasteiger partial charge in [-0.25, -0.2) is 4.39 Å². The predicted octanol–water partition coefficient (Wildman–Crippen LogP) is 2.71. The Balaban J connectivity index is 2.21. The number of nitrogens with zero attached hydrogens (tertiary/aromatic N) is 1. The highest BCUT2D eigenvalue weighted by molar-refractivity contribution is 5.95. The number of hydrogen-bond donors (Lipinski definition) is 1. The Labute approximate surface area is 106 Å². The number of likely N-dealkylation sites (tertiary alicyclic amines) is 1. The molecular weight excluding hydrogens is 233 g/mol. The van der Waals surface area contributed by atoms with Crippen molar-refractivity contribution in [1.29, 1.82) is 0 Å². The molecule has 0 atom stereocenters. The van der Waals surface area contributed by atoms with Crippen molar-refractivity contribution < 1.29 is 14.3 Å². The minimum atomic E-state index is -0.651. The number of phenols is 1. The van der Waals surface area contributed by atoms with E-state index in [1.807, 2.05) is 0 Å². The third-order valence-corrected chi connectivity index (χ3v) is 3.59. The Kier molecular flexibility index (Phi) is 3.55. The van der Waals surface area contributed by atoms with Crippen molar-refractivity contribution in [3.8, 4) is 5.75 Å². The van der Waals surface area contributed by atoms with Gasteiger partial charge in [0.25, 0.3) is 5.91 Å². The number of hydrogen-bond acceptors (Lipinski definition) is 2. The lowest BCUT2D eigenvalue weighted by Crippen LogP contribution is -2.38. The molecule has 0 aliphatic carbocycles. The van der Waals surface area contributed by atoms with Crippen molar-refractivity contribution in [2.75, 3.05) is 13.1 Å². The summed E-state index contributed by atoms with van der Waals surface area (Å²) in [6, 6.07) is 2.43. The minimum absolute atomic E-state index is 0.0554. The maximum Gasteiger partial charge on any atom is 0.256 e. The number of halogens is 1. The standard InChI is InChI=1S/C14H18FNO2/c1-9-3-5-16(6-4-9)14(18)11-7-10(2)13(17)8-12(11)15/h7-9,17H,3-6H2,1-2H3. The molecule has 1 aliphatic rings. The van der Waals surface area contributed by atoms with Crippen LogP contribution in [0.1, 0.15) is 35.7 Å². The summed E-state index contributed by atoms with van der Waals surface area (Å²) >= 11 is 0. The molecule has 1 aromatic carbocycles.